The minimum absolute atomic E-state index is 0.0252. The minimum Gasteiger partial charge on any atom is -0.497 e. The van der Waals surface area contributed by atoms with Gasteiger partial charge in [-0.15, -0.1) is 10.2 Å². The maximum atomic E-state index is 12.3. The van der Waals surface area contributed by atoms with Crippen molar-refractivity contribution in [3.8, 4) is 34.4 Å². The fourth-order valence-electron chi connectivity index (χ4n) is 3.10. The van der Waals surface area contributed by atoms with Crippen molar-refractivity contribution in [1.29, 1.82) is 0 Å². The lowest BCUT2D eigenvalue weighted by molar-refractivity contribution is -0.384. The number of nitro groups is 1. The lowest BCUT2D eigenvalue weighted by atomic mass is 10.1. The molecule has 0 saturated carbocycles. The van der Waals surface area contributed by atoms with Crippen LogP contribution in [-0.2, 0) is 0 Å². The summed E-state index contributed by atoms with van der Waals surface area (Å²) >= 11 is 0. The Balaban J connectivity index is 1.42. The lowest BCUT2D eigenvalue weighted by Crippen LogP contribution is -2.17. The van der Waals surface area contributed by atoms with Crippen LogP contribution in [0.3, 0.4) is 0 Å². The Bertz CT molecular complexity index is 1380. The molecule has 3 aromatic carbocycles. The number of non-ortho nitro benzene ring substituents is 1. The van der Waals surface area contributed by atoms with E-state index in [4.69, 9.17) is 13.9 Å². The van der Waals surface area contributed by atoms with E-state index in [1.54, 1.807) is 49.6 Å². The summed E-state index contributed by atoms with van der Waals surface area (Å²) in [6, 6.07) is 17.6. The summed E-state index contributed by atoms with van der Waals surface area (Å²) in [5.41, 5.74) is 4.60. The zero-order valence-electron chi connectivity index (χ0n) is 18.7. The predicted molar refractivity (Wildman–Crippen MR) is 126 cm³/mol. The molecule has 4 rings (SSSR count). The Morgan fingerprint density at radius 3 is 2.37 bits per heavy atom. The summed E-state index contributed by atoms with van der Waals surface area (Å²) in [6.45, 7) is 0. The van der Waals surface area contributed by atoms with Gasteiger partial charge in [0.2, 0.25) is 5.89 Å². The summed E-state index contributed by atoms with van der Waals surface area (Å²) in [6.07, 6.45) is 1.39. The quantitative estimate of drug-likeness (QED) is 0.229. The molecule has 0 aliphatic heterocycles. The molecule has 4 aromatic rings. The van der Waals surface area contributed by atoms with Crippen molar-refractivity contribution in [3.63, 3.8) is 0 Å². The number of aromatic nitrogens is 2. The number of nitrogens with one attached hydrogen (secondary N) is 1. The largest absolute Gasteiger partial charge is 0.497 e. The number of carbonyl (C=O) groups excluding carboxylic acids is 1. The molecule has 0 aliphatic carbocycles. The highest BCUT2D eigenvalue weighted by molar-refractivity contribution is 5.95. The van der Waals surface area contributed by atoms with Gasteiger partial charge in [0, 0.05) is 29.3 Å². The SMILES string of the molecule is COc1ccc(-c2nnc(-c3ccc(C(=O)N/N=C/c4ccc([N+](=O)[O-])cc4)cc3)o2)c(OC)c1. The third-order valence-electron chi connectivity index (χ3n) is 4.94. The smallest absolute Gasteiger partial charge is 0.271 e. The first kappa shape index (κ1) is 23.1. The minimum atomic E-state index is -0.489. The summed E-state index contributed by atoms with van der Waals surface area (Å²) in [5.74, 6) is 1.30. The third-order valence-corrected chi connectivity index (χ3v) is 4.94. The van der Waals surface area contributed by atoms with Crippen LogP contribution in [0.15, 0.2) is 76.2 Å². The molecular weight excluding hydrogens is 454 g/mol. The van der Waals surface area contributed by atoms with Crippen molar-refractivity contribution in [2.45, 2.75) is 0 Å². The summed E-state index contributed by atoms with van der Waals surface area (Å²) in [4.78, 5) is 22.6. The normalized spacial score (nSPS) is 10.8. The molecule has 176 valence electrons. The summed E-state index contributed by atoms with van der Waals surface area (Å²) in [7, 11) is 3.10. The number of benzene rings is 3. The molecule has 11 nitrogen and oxygen atoms in total. The fraction of sp³-hybridized carbons (Fsp3) is 0.0833. The number of methoxy groups -OCH3 is 2. The molecule has 0 radical (unpaired) electrons. The molecule has 11 heteroatoms. The van der Waals surface area contributed by atoms with Crippen molar-refractivity contribution in [1.82, 2.24) is 15.6 Å². The van der Waals surface area contributed by atoms with Crippen LogP contribution < -0.4 is 14.9 Å². The highest BCUT2D eigenvalue weighted by atomic mass is 16.6. The van der Waals surface area contributed by atoms with Gasteiger partial charge in [0.15, 0.2) is 0 Å². The molecule has 0 bridgehead atoms. The highest BCUT2D eigenvalue weighted by Crippen LogP contribution is 2.33. The Labute approximate surface area is 199 Å². The van der Waals surface area contributed by atoms with Crippen LogP contribution in [0.4, 0.5) is 5.69 Å². The Hall–Kier alpha value is -5.06. The van der Waals surface area contributed by atoms with Crippen LogP contribution in [-0.4, -0.2) is 41.5 Å². The Kier molecular flexibility index (Phi) is 6.77. The molecule has 0 atom stereocenters. The first-order valence-electron chi connectivity index (χ1n) is 10.2. The summed E-state index contributed by atoms with van der Waals surface area (Å²) < 4.78 is 16.4. The van der Waals surface area contributed by atoms with E-state index < -0.39 is 10.8 Å². The van der Waals surface area contributed by atoms with E-state index in [0.29, 0.717) is 33.8 Å². The Morgan fingerprint density at radius 1 is 1.00 bits per heavy atom. The van der Waals surface area contributed by atoms with Crippen molar-refractivity contribution in [2.75, 3.05) is 14.2 Å². The predicted octanol–water partition coefficient (Wildman–Crippen LogP) is 4.09. The van der Waals surface area contributed by atoms with E-state index >= 15 is 0 Å². The second-order valence-electron chi connectivity index (χ2n) is 7.10. The first-order chi connectivity index (χ1) is 17.0. The van der Waals surface area contributed by atoms with Crippen LogP contribution >= 0.6 is 0 Å². The molecule has 1 amide bonds. The van der Waals surface area contributed by atoms with Gasteiger partial charge in [-0.1, -0.05) is 0 Å². The van der Waals surface area contributed by atoms with Gasteiger partial charge in [0.25, 0.3) is 17.5 Å². The number of hydrogen-bond acceptors (Lipinski definition) is 9. The molecule has 1 heterocycles. The number of amides is 1. The number of nitro benzene ring substituents is 1. The average molecular weight is 473 g/mol. The molecule has 0 fully saturated rings. The van der Waals surface area contributed by atoms with Gasteiger partial charge in [-0.05, 0) is 54.1 Å². The molecular formula is C24H19N5O6. The zero-order chi connectivity index (χ0) is 24.8. The monoisotopic (exact) mass is 473 g/mol. The molecule has 1 N–H and O–H groups in total. The van der Waals surface area contributed by atoms with E-state index in [1.807, 2.05) is 0 Å². The number of ether oxygens (including phenoxy) is 2. The van der Waals surface area contributed by atoms with E-state index in [-0.39, 0.29) is 17.5 Å². The van der Waals surface area contributed by atoms with Crippen LogP contribution in [0.5, 0.6) is 11.5 Å². The second-order valence-corrected chi connectivity index (χ2v) is 7.10. The number of carbonyl (C=O) groups is 1. The number of hydrazone groups is 1. The van der Waals surface area contributed by atoms with E-state index in [0.717, 1.165) is 0 Å². The van der Waals surface area contributed by atoms with Crippen LogP contribution in [0.25, 0.3) is 22.9 Å². The zero-order valence-corrected chi connectivity index (χ0v) is 18.7. The van der Waals surface area contributed by atoms with Gasteiger partial charge in [0.05, 0.1) is 30.9 Å². The average Bonchev–Trinajstić information content (AvgIpc) is 3.38. The van der Waals surface area contributed by atoms with Gasteiger partial charge < -0.3 is 13.9 Å². The molecule has 1 aromatic heterocycles. The second kappa shape index (κ2) is 10.3. The van der Waals surface area contributed by atoms with Crippen LogP contribution in [0, 0.1) is 10.1 Å². The maximum absolute atomic E-state index is 12.3. The van der Waals surface area contributed by atoms with Crippen molar-refractivity contribution in [2.24, 2.45) is 5.10 Å². The van der Waals surface area contributed by atoms with Gasteiger partial charge >= 0.3 is 0 Å². The number of nitrogens with zero attached hydrogens (tertiary/aromatic N) is 4. The van der Waals surface area contributed by atoms with Gasteiger partial charge in [0.1, 0.15) is 11.5 Å². The van der Waals surface area contributed by atoms with Crippen molar-refractivity contribution >= 4 is 17.8 Å². The Morgan fingerprint density at radius 2 is 1.71 bits per heavy atom. The van der Waals surface area contributed by atoms with E-state index in [9.17, 15) is 14.9 Å². The lowest BCUT2D eigenvalue weighted by Gasteiger charge is -2.07. The van der Waals surface area contributed by atoms with Gasteiger partial charge in [-0.3, -0.25) is 14.9 Å². The standard InChI is InChI=1S/C24H19N5O6/c1-33-19-11-12-20(21(13-19)34-2)24-28-27-23(35-24)17-7-5-16(6-8-17)22(30)26-25-14-15-3-9-18(10-4-15)29(31)32/h3-14H,1-2H3,(H,26,30)/b25-14+. The van der Waals surface area contributed by atoms with Crippen molar-refractivity contribution in [3.05, 3.63) is 88.0 Å². The molecule has 0 aliphatic rings. The molecule has 35 heavy (non-hydrogen) atoms. The fourth-order valence-corrected chi connectivity index (χ4v) is 3.10. The van der Waals surface area contributed by atoms with E-state index in [1.165, 1.54) is 37.6 Å². The molecule has 0 unspecified atom stereocenters. The topological polar surface area (TPSA) is 142 Å². The summed E-state index contributed by atoms with van der Waals surface area (Å²) in [5, 5.41) is 22.8. The van der Waals surface area contributed by atoms with Crippen molar-refractivity contribution < 1.29 is 23.6 Å². The highest BCUT2D eigenvalue weighted by Gasteiger charge is 2.16. The van der Waals surface area contributed by atoms with Gasteiger partial charge in [-0.2, -0.15) is 5.10 Å². The van der Waals surface area contributed by atoms with Crippen LogP contribution in [0.1, 0.15) is 15.9 Å². The van der Waals surface area contributed by atoms with E-state index in [2.05, 4.69) is 20.7 Å². The number of rotatable bonds is 8. The first-order valence-corrected chi connectivity index (χ1v) is 10.2. The van der Waals surface area contributed by atoms with Gasteiger partial charge in [-0.25, -0.2) is 5.43 Å². The third kappa shape index (κ3) is 5.30. The molecule has 0 saturated heterocycles. The molecule has 0 spiro atoms. The maximum Gasteiger partial charge on any atom is 0.271 e. The van der Waals surface area contributed by atoms with Crippen LogP contribution in [0.2, 0.25) is 0 Å². The number of hydrogen-bond donors (Lipinski definition) is 1.